The summed E-state index contributed by atoms with van der Waals surface area (Å²) in [5.74, 6) is -0.279. The fourth-order valence-corrected chi connectivity index (χ4v) is 3.44. The average Bonchev–Trinajstić information content (AvgIpc) is 2.77. The van der Waals surface area contributed by atoms with Gasteiger partial charge in [-0.15, -0.1) is 0 Å². The van der Waals surface area contributed by atoms with E-state index in [9.17, 15) is 24.5 Å². The third kappa shape index (κ3) is 5.34. The highest BCUT2D eigenvalue weighted by Gasteiger charge is 2.22. The van der Waals surface area contributed by atoms with Crippen LogP contribution in [0.4, 0.5) is 10.5 Å². The third-order valence-electron chi connectivity index (χ3n) is 5.06. The second kappa shape index (κ2) is 9.92. The number of nitrogens with zero attached hydrogens (tertiary/aromatic N) is 3. The number of carbonyl (C=O) groups is 2. The fraction of sp³-hybridized carbons (Fsp3) is 0.261. The summed E-state index contributed by atoms with van der Waals surface area (Å²) in [6.45, 7) is 0. The summed E-state index contributed by atoms with van der Waals surface area (Å²) in [4.78, 5) is 50.7. The Kier molecular flexibility index (Phi) is 7.21. The molecule has 178 valence electrons. The summed E-state index contributed by atoms with van der Waals surface area (Å²) in [6.07, 6.45) is -0.800. The molecule has 0 saturated carbocycles. The van der Waals surface area contributed by atoms with Gasteiger partial charge < -0.3 is 19.0 Å². The van der Waals surface area contributed by atoms with Gasteiger partial charge in [0.25, 0.3) is 5.69 Å². The Balaban J connectivity index is 2.19. The van der Waals surface area contributed by atoms with E-state index in [0.29, 0.717) is 16.5 Å². The van der Waals surface area contributed by atoms with Crippen molar-refractivity contribution in [1.29, 1.82) is 0 Å². The van der Waals surface area contributed by atoms with Gasteiger partial charge in [0, 0.05) is 63.8 Å². The van der Waals surface area contributed by atoms with Gasteiger partial charge in [-0.05, 0) is 17.2 Å². The molecule has 0 spiro atoms. The quantitative estimate of drug-likeness (QED) is 0.295. The van der Waals surface area contributed by atoms with E-state index in [4.69, 9.17) is 20.8 Å². The van der Waals surface area contributed by atoms with Crippen molar-refractivity contribution < 1.29 is 23.7 Å². The van der Waals surface area contributed by atoms with Crippen LogP contribution in [0.1, 0.15) is 16.7 Å². The molecule has 34 heavy (non-hydrogen) atoms. The molecule has 0 radical (unpaired) electrons. The minimum absolute atomic E-state index is 0.00494. The monoisotopic (exact) mass is 487 g/mol. The van der Waals surface area contributed by atoms with Gasteiger partial charge in [-0.25, -0.2) is 9.59 Å². The predicted molar refractivity (Wildman–Crippen MR) is 126 cm³/mol. The molecule has 1 aromatic heterocycles. The second-order valence-corrected chi connectivity index (χ2v) is 8.36. The summed E-state index contributed by atoms with van der Waals surface area (Å²) < 4.78 is 10.7. The molecule has 0 aliphatic heterocycles. The normalized spacial score (nSPS) is 10.7. The molecule has 0 bridgehead atoms. The first-order valence-corrected chi connectivity index (χ1v) is 10.5. The lowest BCUT2D eigenvalue weighted by atomic mass is 9.95. The fourth-order valence-electron chi connectivity index (χ4n) is 3.24. The number of nitro groups is 1. The van der Waals surface area contributed by atoms with Crippen LogP contribution in [-0.2, 0) is 17.6 Å². The van der Waals surface area contributed by atoms with Crippen molar-refractivity contribution >= 4 is 40.3 Å². The van der Waals surface area contributed by atoms with E-state index in [0.717, 1.165) is 0 Å². The van der Waals surface area contributed by atoms with Crippen molar-refractivity contribution in [2.24, 2.45) is 0 Å². The van der Waals surface area contributed by atoms with Crippen molar-refractivity contribution in [3.63, 3.8) is 0 Å². The number of fused-ring (bicyclic) bond motifs is 1. The van der Waals surface area contributed by atoms with Crippen LogP contribution in [0.15, 0.2) is 45.6 Å². The highest BCUT2D eigenvalue weighted by molar-refractivity contribution is 6.33. The zero-order valence-corrected chi connectivity index (χ0v) is 19.7. The van der Waals surface area contributed by atoms with Crippen LogP contribution >= 0.6 is 11.6 Å². The second-order valence-electron chi connectivity index (χ2n) is 7.96. The smallest absolute Gasteiger partial charge is 0.414 e. The first-order valence-electron chi connectivity index (χ1n) is 10.1. The van der Waals surface area contributed by atoms with Crippen LogP contribution in [0.5, 0.6) is 5.75 Å². The maximum Gasteiger partial charge on any atom is 0.414 e. The molecule has 10 nitrogen and oxygen atoms in total. The molecule has 0 fully saturated rings. The van der Waals surface area contributed by atoms with Crippen LogP contribution in [-0.4, -0.2) is 54.9 Å². The summed E-state index contributed by atoms with van der Waals surface area (Å²) in [5, 5.41) is 11.6. The molecule has 3 aromatic rings. The van der Waals surface area contributed by atoms with E-state index in [1.165, 1.54) is 54.2 Å². The van der Waals surface area contributed by atoms with Gasteiger partial charge in [-0.2, -0.15) is 0 Å². The number of benzene rings is 2. The minimum Gasteiger partial charge on any atom is -0.422 e. The largest absolute Gasteiger partial charge is 0.422 e. The summed E-state index contributed by atoms with van der Waals surface area (Å²) in [7, 11) is 6.18. The molecule has 0 N–H and O–H groups in total. The van der Waals surface area contributed by atoms with Crippen molar-refractivity contribution in [3.05, 3.63) is 78.6 Å². The van der Waals surface area contributed by atoms with Gasteiger partial charge in [0.15, 0.2) is 5.75 Å². The lowest BCUT2D eigenvalue weighted by Gasteiger charge is -2.16. The third-order valence-corrected chi connectivity index (χ3v) is 5.36. The van der Waals surface area contributed by atoms with Crippen LogP contribution in [0.2, 0.25) is 5.02 Å². The van der Waals surface area contributed by atoms with Crippen LogP contribution in [0.3, 0.4) is 0 Å². The van der Waals surface area contributed by atoms with E-state index >= 15 is 0 Å². The summed E-state index contributed by atoms with van der Waals surface area (Å²) >= 11 is 6.35. The highest BCUT2D eigenvalue weighted by atomic mass is 35.5. The first-order chi connectivity index (χ1) is 16.0. The van der Waals surface area contributed by atoms with Gasteiger partial charge in [-0.1, -0.05) is 23.7 Å². The molecule has 2 aromatic carbocycles. The average molecular weight is 488 g/mol. The number of amides is 2. The molecular weight excluding hydrogens is 466 g/mol. The molecule has 0 aliphatic carbocycles. The van der Waals surface area contributed by atoms with Crippen molar-refractivity contribution in [3.8, 4) is 5.75 Å². The lowest BCUT2D eigenvalue weighted by Crippen LogP contribution is -2.26. The van der Waals surface area contributed by atoms with Crippen LogP contribution < -0.4 is 10.4 Å². The Morgan fingerprint density at radius 3 is 2.41 bits per heavy atom. The van der Waals surface area contributed by atoms with Gasteiger partial charge in [0.2, 0.25) is 5.91 Å². The van der Waals surface area contributed by atoms with E-state index in [-0.39, 0.29) is 46.4 Å². The van der Waals surface area contributed by atoms with Crippen LogP contribution in [0, 0.1) is 10.1 Å². The van der Waals surface area contributed by atoms with E-state index in [1.807, 2.05) is 0 Å². The predicted octanol–water partition coefficient (Wildman–Crippen LogP) is 3.64. The molecular formula is C23H22ClN3O7. The molecule has 0 saturated heterocycles. The Labute approximate surface area is 199 Å². The Morgan fingerprint density at radius 2 is 1.79 bits per heavy atom. The number of hydrogen-bond acceptors (Lipinski definition) is 7. The van der Waals surface area contributed by atoms with E-state index in [1.54, 1.807) is 20.2 Å². The zero-order chi connectivity index (χ0) is 25.2. The van der Waals surface area contributed by atoms with E-state index < -0.39 is 16.6 Å². The molecule has 0 atom stereocenters. The molecule has 3 rings (SSSR count). The summed E-state index contributed by atoms with van der Waals surface area (Å²) in [6, 6.07) is 8.65. The molecule has 0 unspecified atom stereocenters. The summed E-state index contributed by atoms with van der Waals surface area (Å²) in [5.41, 5.74) is 0.306. The molecule has 0 aliphatic rings. The van der Waals surface area contributed by atoms with Gasteiger partial charge in [0.05, 0.1) is 16.4 Å². The SMILES string of the molecule is CN(C)C(=O)Cc1c(Cc2cccc([N+](=O)[O-])c2)c(=O)oc2cc(OC(=O)N(C)C)c(Cl)cc12. The number of rotatable bonds is 6. The molecule has 11 heteroatoms. The maximum absolute atomic E-state index is 13.0. The van der Waals surface area contributed by atoms with Gasteiger partial charge in [-0.3, -0.25) is 14.9 Å². The molecule has 1 heterocycles. The van der Waals surface area contributed by atoms with Crippen molar-refractivity contribution in [2.45, 2.75) is 12.8 Å². The zero-order valence-electron chi connectivity index (χ0n) is 19.0. The van der Waals surface area contributed by atoms with Gasteiger partial charge >= 0.3 is 11.7 Å². The topological polar surface area (TPSA) is 123 Å². The van der Waals surface area contributed by atoms with Crippen molar-refractivity contribution in [1.82, 2.24) is 9.80 Å². The number of non-ortho nitro benzene ring substituents is 1. The van der Waals surface area contributed by atoms with Crippen molar-refractivity contribution in [2.75, 3.05) is 28.2 Å². The first kappa shape index (κ1) is 24.7. The Morgan fingerprint density at radius 1 is 1.09 bits per heavy atom. The number of ether oxygens (including phenoxy) is 1. The van der Waals surface area contributed by atoms with E-state index in [2.05, 4.69) is 0 Å². The number of likely N-dealkylation sites (N-methyl/N-ethyl adjacent to an activating group) is 1. The minimum atomic E-state index is -0.715. The number of nitro benzene ring substituents is 1. The standard InChI is InChI=1S/C23H22ClN3O7/c1-25(2)21(28)11-15-16-10-18(24)20(34-23(30)26(3)4)12-19(16)33-22(29)17(15)9-13-6-5-7-14(8-13)27(31)32/h5-8,10,12H,9,11H2,1-4H3. The number of carbonyl (C=O) groups excluding carboxylic acids is 2. The Hall–Kier alpha value is -3.92. The maximum atomic E-state index is 13.0. The number of halogens is 1. The van der Waals surface area contributed by atoms with Gasteiger partial charge in [0.1, 0.15) is 5.58 Å². The lowest BCUT2D eigenvalue weighted by molar-refractivity contribution is -0.384. The molecule has 2 amide bonds. The van der Waals surface area contributed by atoms with Crippen LogP contribution in [0.25, 0.3) is 11.0 Å². The highest BCUT2D eigenvalue weighted by Crippen LogP contribution is 2.33. The Bertz CT molecular complexity index is 1350. The number of hydrogen-bond donors (Lipinski definition) is 0.